The van der Waals surface area contributed by atoms with Crippen LogP contribution >= 0.6 is 0 Å². The molecule has 2 rings (SSSR count). The normalized spacial score (nSPS) is 37.5. The summed E-state index contributed by atoms with van der Waals surface area (Å²) in [4.78, 5) is 0. The molecule has 1 aliphatic carbocycles. The van der Waals surface area contributed by atoms with Gasteiger partial charge in [-0.3, -0.25) is 0 Å². The molecule has 2 fully saturated rings. The second kappa shape index (κ2) is 2.23. The average Bonchev–Trinajstić information content (AvgIpc) is 1.85. The van der Waals surface area contributed by atoms with Gasteiger partial charge in [0.05, 0.1) is 0 Å². The van der Waals surface area contributed by atoms with E-state index in [1.807, 2.05) is 0 Å². The van der Waals surface area contributed by atoms with Gasteiger partial charge in [0.25, 0.3) is 0 Å². The zero-order valence-corrected chi connectivity index (χ0v) is 6.82. The molecule has 0 unspecified atom stereocenters. The van der Waals surface area contributed by atoms with E-state index in [1.165, 1.54) is 38.8 Å². The molecule has 1 aliphatic heterocycles. The number of hydrogen-bond acceptors (Lipinski definition) is 1. The fourth-order valence-corrected chi connectivity index (χ4v) is 2.44. The molecule has 0 aromatic rings. The van der Waals surface area contributed by atoms with Gasteiger partial charge in [-0.25, -0.2) is 0 Å². The molecule has 0 aromatic carbocycles. The standard InChI is InChI=1S/C9H17N/c1-8-3-6-10-7-9(8)4-2-5-9/h8,10H,2-7H2,1H3/t8-/m1/s1. The van der Waals surface area contributed by atoms with E-state index >= 15 is 0 Å². The van der Waals surface area contributed by atoms with Crippen LogP contribution < -0.4 is 5.32 Å². The molecule has 10 heavy (non-hydrogen) atoms. The Balaban J connectivity index is 2.03. The quantitative estimate of drug-likeness (QED) is 0.539. The fraction of sp³-hybridized carbons (Fsp3) is 1.00. The monoisotopic (exact) mass is 139 g/mol. The SMILES string of the molecule is C[C@@H]1CCNCC12CCC2. The van der Waals surface area contributed by atoms with Gasteiger partial charge in [-0.15, -0.1) is 0 Å². The Morgan fingerprint density at radius 1 is 1.40 bits per heavy atom. The molecule has 0 bridgehead atoms. The first-order chi connectivity index (χ1) is 4.83. The van der Waals surface area contributed by atoms with Crippen LogP contribution in [-0.4, -0.2) is 13.1 Å². The molecule has 1 atom stereocenters. The molecular formula is C9H17N. The van der Waals surface area contributed by atoms with Crippen molar-refractivity contribution in [1.29, 1.82) is 0 Å². The van der Waals surface area contributed by atoms with Crippen LogP contribution in [0.2, 0.25) is 0 Å². The van der Waals surface area contributed by atoms with E-state index in [4.69, 9.17) is 0 Å². The Kier molecular flexibility index (Phi) is 1.48. The van der Waals surface area contributed by atoms with Crippen molar-refractivity contribution in [2.24, 2.45) is 11.3 Å². The van der Waals surface area contributed by atoms with Crippen LogP contribution in [0.4, 0.5) is 0 Å². The number of piperidine rings is 1. The maximum absolute atomic E-state index is 3.51. The van der Waals surface area contributed by atoms with Crippen molar-refractivity contribution < 1.29 is 0 Å². The summed E-state index contributed by atoms with van der Waals surface area (Å²) < 4.78 is 0. The van der Waals surface area contributed by atoms with Gasteiger partial charge in [-0.05, 0) is 37.1 Å². The first kappa shape index (κ1) is 6.66. The first-order valence-corrected chi connectivity index (χ1v) is 4.54. The lowest BCUT2D eigenvalue weighted by Gasteiger charge is -2.49. The maximum Gasteiger partial charge on any atom is 0.00104 e. The van der Waals surface area contributed by atoms with Crippen LogP contribution in [0.1, 0.15) is 32.6 Å². The predicted octanol–water partition coefficient (Wildman–Crippen LogP) is 1.79. The highest BCUT2D eigenvalue weighted by atomic mass is 14.9. The van der Waals surface area contributed by atoms with Crippen molar-refractivity contribution >= 4 is 0 Å². The number of rotatable bonds is 0. The molecule has 0 amide bonds. The Morgan fingerprint density at radius 3 is 2.60 bits per heavy atom. The average molecular weight is 139 g/mol. The number of nitrogens with one attached hydrogen (secondary N) is 1. The molecule has 1 heterocycles. The van der Waals surface area contributed by atoms with Gasteiger partial charge in [0.1, 0.15) is 0 Å². The molecule has 1 saturated carbocycles. The first-order valence-electron chi connectivity index (χ1n) is 4.54. The minimum Gasteiger partial charge on any atom is -0.316 e. The Hall–Kier alpha value is -0.0400. The molecule has 0 aromatic heterocycles. The zero-order chi connectivity index (χ0) is 7.03. The summed E-state index contributed by atoms with van der Waals surface area (Å²) in [5, 5.41) is 3.51. The molecule has 0 radical (unpaired) electrons. The zero-order valence-electron chi connectivity index (χ0n) is 6.82. The van der Waals surface area contributed by atoms with E-state index in [1.54, 1.807) is 0 Å². The molecule has 2 aliphatic rings. The van der Waals surface area contributed by atoms with Crippen molar-refractivity contribution in [2.45, 2.75) is 32.6 Å². The minimum absolute atomic E-state index is 0.748. The lowest BCUT2D eigenvalue weighted by molar-refractivity contribution is 0.0323. The second-order valence-electron chi connectivity index (χ2n) is 4.08. The van der Waals surface area contributed by atoms with Gasteiger partial charge in [-0.1, -0.05) is 13.3 Å². The molecule has 58 valence electrons. The van der Waals surface area contributed by atoms with Gasteiger partial charge < -0.3 is 5.32 Å². The van der Waals surface area contributed by atoms with E-state index < -0.39 is 0 Å². The smallest absolute Gasteiger partial charge is 0.00104 e. The Bertz CT molecular complexity index is 127. The molecule has 1 nitrogen and oxygen atoms in total. The third-order valence-electron chi connectivity index (χ3n) is 3.63. The van der Waals surface area contributed by atoms with Crippen LogP contribution in [0.3, 0.4) is 0 Å². The van der Waals surface area contributed by atoms with E-state index in [0.29, 0.717) is 0 Å². The maximum atomic E-state index is 3.51. The highest BCUT2D eigenvalue weighted by Gasteiger charge is 2.42. The summed E-state index contributed by atoms with van der Waals surface area (Å²) in [6.45, 7) is 4.98. The van der Waals surface area contributed by atoms with Crippen molar-refractivity contribution in [3.63, 3.8) is 0 Å². The van der Waals surface area contributed by atoms with E-state index in [-0.39, 0.29) is 0 Å². The number of hydrogen-bond donors (Lipinski definition) is 1. The van der Waals surface area contributed by atoms with Gasteiger partial charge >= 0.3 is 0 Å². The summed E-state index contributed by atoms with van der Waals surface area (Å²) in [6, 6.07) is 0. The van der Waals surface area contributed by atoms with E-state index in [0.717, 1.165) is 11.3 Å². The van der Waals surface area contributed by atoms with Crippen LogP contribution in [0.25, 0.3) is 0 Å². The summed E-state index contributed by atoms with van der Waals surface area (Å²) in [7, 11) is 0. The Labute approximate surface area is 63.2 Å². The van der Waals surface area contributed by atoms with Crippen molar-refractivity contribution in [2.75, 3.05) is 13.1 Å². The highest BCUT2D eigenvalue weighted by Crippen LogP contribution is 2.48. The summed E-state index contributed by atoms with van der Waals surface area (Å²) >= 11 is 0. The van der Waals surface area contributed by atoms with Gasteiger partial charge in [0.2, 0.25) is 0 Å². The molecule has 1 saturated heterocycles. The molecular weight excluding hydrogens is 122 g/mol. The highest BCUT2D eigenvalue weighted by molar-refractivity contribution is 4.95. The van der Waals surface area contributed by atoms with Crippen molar-refractivity contribution in [1.82, 2.24) is 5.32 Å². The van der Waals surface area contributed by atoms with Gasteiger partial charge in [0.15, 0.2) is 0 Å². The third-order valence-corrected chi connectivity index (χ3v) is 3.63. The van der Waals surface area contributed by atoms with Crippen LogP contribution in [-0.2, 0) is 0 Å². The lowest BCUT2D eigenvalue weighted by atomic mass is 9.59. The lowest BCUT2D eigenvalue weighted by Crippen LogP contribution is -2.49. The second-order valence-corrected chi connectivity index (χ2v) is 4.08. The van der Waals surface area contributed by atoms with Crippen LogP contribution in [0.5, 0.6) is 0 Å². The third kappa shape index (κ3) is 0.800. The molecule has 1 heteroatoms. The molecule has 1 spiro atoms. The van der Waals surface area contributed by atoms with Crippen LogP contribution in [0.15, 0.2) is 0 Å². The largest absolute Gasteiger partial charge is 0.316 e. The van der Waals surface area contributed by atoms with Crippen LogP contribution in [0, 0.1) is 11.3 Å². The minimum atomic E-state index is 0.748. The van der Waals surface area contributed by atoms with Gasteiger partial charge in [0, 0.05) is 6.54 Å². The Morgan fingerprint density at radius 2 is 2.20 bits per heavy atom. The topological polar surface area (TPSA) is 12.0 Å². The summed E-state index contributed by atoms with van der Waals surface area (Å²) in [5.74, 6) is 0.988. The molecule has 1 N–H and O–H groups in total. The van der Waals surface area contributed by atoms with Gasteiger partial charge in [-0.2, -0.15) is 0 Å². The van der Waals surface area contributed by atoms with Crippen molar-refractivity contribution in [3.8, 4) is 0 Å². The summed E-state index contributed by atoms with van der Waals surface area (Å²) in [6.07, 6.45) is 5.86. The fourth-order valence-electron chi connectivity index (χ4n) is 2.44. The predicted molar refractivity (Wildman–Crippen MR) is 42.9 cm³/mol. The summed E-state index contributed by atoms with van der Waals surface area (Å²) in [5.41, 5.74) is 0.748. The van der Waals surface area contributed by atoms with E-state index in [9.17, 15) is 0 Å². The van der Waals surface area contributed by atoms with E-state index in [2.05, 4.69) is 12.2 Å². The van der Waals surface area contributed by atoms with Crippen molar-refractivity contribution in [3.05, 3.63) is 0 Å².